The van der Waals surface area contributed by atoms with Gasteiger partial charge < -0.3 is 4.57 Å². The van der Waals surface area contributed by atoms with Gasteiger partial charge in [-0.15, -0.1) is 11.6 Å². The lowest BCUT2D eigenvalue weighted by atomic mass is 10.2. The molecule has 0 fully saturated rings. The van der Waals surface area contributed by atoms with Crippen molar-refractivity contribution in [3.05, 3.63) is 18.2 Å². The molecule has 0 amide bonds. The summed E-state index contributed by atoms with van der Waals surface area (Å²) in [5, 5.41) is 0. The Morgan fingerprint density at radius 1 is 1.36 bits per heavy atom. The van der Waals surface area contributed by atoms with E-state index in [2.05, 4.69) is 29.6 Å². The molecule has 0 atom stereocenters. The average molecular weight is 215 g/mol. The molecule has 0 aliphatic heterocycles. The molecular formula is C11H19ClN2. The van der Waals surface area contributed by atoms with Crippen LogP contribution in [0.2, 0.25) is 0 Å². The summed E-state index contributed by atoms with van der Waals surface area (Å²) in [5.74, 6) is 2.48. The minimum Gasteiger partial charge on any atom is -0.335 e. The lowest BCUT2D eigenvalue weighted by Gasteiger charge is -2.09. The van der Waals surface area contributed by atoms with E-state index in [-0.39, 0.29) is 0 Å². The molecule has 2 nitrogen and oxygen atoms in total. The number of imidazole rings is 1. The van der Waals surface area contributed by atoms with Crippen molar-refractivity contribution in [1.29, 1.82) is 0 Å². The van der Waals surface area contributed by atoms with Crippen LogP contribution in [0.4, 0.5) is 0 Å². The maximum Gasteiger partial charge on any atom is 0.111 e. The predicted molar refractivity (Wildman–Crippen MR) is 60.9 cm³/mol. The molecule has 80 valence electrons. The van der Waals surface area contributed by atoms with Crippen LogP contribution in [0.1, 0.15) is 44.9 Å². The number of rotatable bonds is 6. The molecular weight excluding hydrogens is 196 g/mol. The lowest BCUT2D eigenvalue weighted by Crippen LogP contribution is -2.04. The highest BCUT2D eigenvalue weighted by atomic mass is 35.5. The van der Waals surface area contributed by atoms with Gasteiger partial charge in [-0.25, -0.2) is 4.98 Å². The predicted octanol–water partition coefficient (Wildman–Crippen LogP) is 3.42. The number of hydrogen-bond donors (Lipinski definition) is 0. The number of aromatic nitrogens is 2. The summed E-state index contributed by atoms with van der Waals surface area (Å²) < 4.78 is 2.25. The minimum absolute atomic E-state index is 0.512. The zero-order valence-corrected chi connectivity index (χ0v) is 9.80. The summed E-state index contributed by atoms with van der Waals surface area (Å²) in [6.45, 7) is 5.43. The van der Waals surface area contributed by atoms with E-state index >= 15 is 0 Å². The molecule has 0 N–H and O–H groups in total. The topological polar surface area (TPSA) is 17.8 Å². The van der Waals surface area contributed by atoms with E-state index in [1.54, 1.807) is 0 Å². The first kappa shape index (κ1) is 11.6. The maximum absolute atomic E-state index is 5.62. The first-order chi connectivity index (χ1) is 6.75. The van der Waals surface area contributed by atoms with Gasteiger partial charge in [0.1, 0.15) is 5.82 Å². The molecule has 1 aromatic rings. The second-order valence-electron chi connectivity index (χ2n) is 3.88. The number of alkyl halides is 1. The zero-order valence-electron chi connectivity index (χ0n) is 9.04. The smallest absolute Gasteiger partial charge is 0.111 e. The van der Waals surface area contributed by atoms with Gasteiger partial charge in [-0.1, -0.05) is 20.3 Å². The van der Waals surface area contributed by atoms with Gasteiger partial charge in [0.25, 0.3) is 0 Å². The van der Waals surface area contributed by atoms with E-state index in [4.69, 9.17) is 11.6 Å². The van der Waals surface area contributed by atoms with Crippen LogP contribution in [0, 0.1) is 0 Å². The molecule has 0 saturated heterocycles. The van der Waals surface area contributed by atoms with Crippen molar-refractivity contribution in [2.24, 2.45) is 0 Å². The number of nitrogens with zero attached hydrogens (tertiary/aromatic N) is 2. The number of halogens is 1. The summed E-state index contributed by atoms with van der Waals surface area (Å²) in [6, 6.07) is 0. The molecule has 1 rings (SSSR count). The third-order valence-corrected chi connectivity index (χ3v) is 2.56. The number of aryl methyl sites for hydroxylation is 1. The van der Waals surface area contributed by atoms with Crippen LogP contribution in [0.15, 0.2) is 12.4 Å². The van der Waals surface area contributed by atoms with Crippen LogP contribution in [-0.4, -0.2) is 15.4 Å². The highest BCUT2D eigenvalue weighted by Crippen LogP contribution is 2.12. The van der Waals surface area contributed by atoms with Crippen LogP contribution in [0.25, 0.3) is 0 Å². The van der Waals surface area contributed by atoms with Crippen LogP contribution in [0.5, 0.6) is 0 Å². The Bertz CT molecular complexity index is 256. The van der Waals surface area contributed by atoms with Crippen molar-refractivity contribution in [1.82, 2.24) is 9.55 Å². The Hall–Kier alpha value is -0.500. The fourth-order valence-electron chi connectivity index (χ4n) is 1.56. The molecule has 1 aromatic heterocycles. The van der Waals surface area contributed by atoms with E-state index in [1.165, 1.54) is 18.7 Å². The second kappa shape index (κ2) is 6.07. The fourth-order valence-corrected chi connectivity index (χ4v) is 1.75. The van der Waals surface area contributed by atoms with Crippen molar-refractivity contribution in [3.63, 3.8) is 0 Å². The van der Waals surface area contributed by atoms with Gasteiger partial charge in [0, 0.05) is 30.7 Å². The van der Waals surface area contributed by atoms with E-state index in [0.29, 0.717) is 5.92 Å². The Morgan fingerprint density at radius 2 is 2.14 bits per heavy atom. The quantitative estimate of drug-likeness (QED) is 0.524. The van der Waals surface area contributed by atoms with Crippen molar-refractivity contribution >= 4 is 11.6 Å². The van der Waals surface area contributed by atoms with E-state index in [1.807, 2.05) is 6.20 Å². The van der Waals surface area contributed by atoms with Crippen LogP contribution in [0.3, 0.4) is 0 Å². The summed E-state index contributed by atoms with van der Waals surface area (Å²) in [5.41, 5.74) is 0. The average Bonchev–Trinajstić information content (AvgIpc) is 2.60. The Morgan fingerprint density at radius 3 is 2.79 bits per heavy atom. The van der Waals surface area contributed by atoms with Crippen molar-refractivity contribution in [2.45, 2.75) is 45.6 Å². The molecule has 1 heterocycles. The van der Waals surface area contributed by atoms with Gasteiger partial charge in [0.2, 0.25) is 0 Å². The highest BCUT2D eigenvalue weighted by Gasteiger charge is 2.05. The molecule has 0 unspecified atom stereocenters. The maximum atomic E-state index is 5.62. The molecule has 0 bridgehead atoms. The third-order valence-electron chi connectivity index (χ3n) is 2.30. The summed E-state index contributed by atoms with van der Waals surface area (Å²) in [7, 11) is 0. The molecule has 0 saturated carbocycles. The fraction of sp³-hybridized carbons (Fsp3) is 0.727. The molecule has 3 heteroatoms. The standard InChI is InChI=1S/C11H19ClN2/c1-10(2)11-13-7-9-14(11)8-5-3-4-6-12/h7,9-10H,3-6,8H2,1-2H3. The second-order valence-corrected chi connectivity index (χ2v) is 4.26. The van der Waals surface area contributed by atoms with Gasteiger partial charge in [0.15, 0.2) is 0 Å². The Balaban J connectivity index is 2.38. The van der Waals surface area contributed by atoms with E-state index < -0.39 is 0 Å². The lowest BCUT2D eigenvalue weighted by molar-refractivity contribution is 0.566. The van der Waals surface area contributed by atoms with Crippen molar-refractivity contribution in [3.8, 4) is 0 Å². The summed E-state index contributed by atoms with van der Waals surface area (Å²) in [6.07, 6.45) is 7.47. The van der Waals surface area contributed by atoms with Gasteiger partial charge in [0.05, 0.1) is 0 Å². The van der Waals surface area contributed by atoms with Gasteiger partial charge in [-0.2, -0.15) is 0 Å². The first-order valence-electron chi connectivity index (χ1n) is 5.32. The SMILES string of the molecule is CC(C)c1nccn1CCCCCCl. The van der Waals surface area contributed by atoms with Crippen LogP contribution >= 0.6 is 11.6 Å². The van der Waals surface area contributed by atoms with Crippen LogP contribution in [-0.2, 0) is 6.54 Å². The van der Waals surface area contributed by atoms with E-state index in [9.17, 15) is 0 Å². The largest absolute Gasteiger partial charge is 0.335 e. The van der Waals surface area contributed by atoms with Crippen LogP contribution < -0.4 is 0 Å². The van der Waals surface area contributed by atoms with Gasteiger partial charge in [-0.3, -0.25) is 0 Å². The van der Waals surface area contributed by atoms with E-state index in [0.717, 1.165) is 18.8 Å². The molecule has 0 radical (unpaired) electrons. The third kappa shape index (κ3) is 3.33. The monoisotopic (exact) mass is 214 g/mol. The highest BCUT2D eigenvalue weighted by molar-refractivity contribution is 6.17. The van der Waals surface area contributed by atoms with Crippen molar-refractivity contribution < 1.29 is 0 Å². The molecule has 0 spiro atoms. The number of unbranched alkanes of at least 4 members (excludes halogenated alkanes) is 2. The van der Waals surface area contributed by atoms with Crippen molar-refractivity contribution in [2.75, 3.05) is 5.88 Å². The molecule has 0 aliphatic carbocycles. The Labute approximate surface area is 91.3 Å². The number of hydrogen-bond acceptors (Lipinski definition) is 1. The minimum atomic E-state index is 0.512. The zero-order chi connectivity index (χ0) is 10.4. The first-order valence-corrected chi connectivity index (χ1v) is 5.86. The summed E-state index contributed by atoms with van der Waals surface area (Å²) in [4.78, 5) is 4.35. The normalized spacial score (nSPS) is 11.1. The van der Waals surface area contributed by atoms with Gasteiger partial charge >= 0.3 is 0 Å². The Kier molecular flexibility index (Phi) is 5.02. The van der Waals surface area contributed by atoms with Gasteiger partial charge in [-0.05, 0) is 12.8 Å². The molecule has 0 aromatic carbocycles. The molecule has 14 heavy (non-hydrogen) atoms. The summed E-state index contributed by atoms with van der Waals surface area (Å²) >= 11 is 5.62. The molecule has 0 aliphatic rings.